The molecule has 6 nitrogen and oxygen atoms in total. The second-order valence-electron chi connectivity index (χ2n) is 6.28. The Morgan fingerprint density at radius 2 is 1.74 bits per heavy atom. The summed E-state index contributed by atoms with van der Waals surface area (Å²) in [5.74, 6) is 0.440. The Labute approximate surface area is 167 Å². The van der Waals surface area contributed by atoms with E-state index in [1.165, 1.54) is 4.31 Å². The van der Waals surface area contributed by atoms with Crippen LogP contribution < -0.4 is 4.74 Å². The fraction of sp³-hybridized carbons (Fsp3) is 0.316. The molecule has 1 aliphatic rings. The molecule has 1 fully saturated rings. The van der Waals surface area contributed by atoms with E-state index in [1.54, 1.807) is 42.3 Å². The summed E-state index contributed by atoms with van der Waals surface area (Å²) in [6.07, 6.45) is 0. The summed E-state index contributed by atoms with van der Waals surface area (Å²) in [5.41, 5.74) is 1.27. The third-order valence-electron chi connectivity index (χ3n) is 4.52. The zero-order valence-corrected chi connectivity index (χ0v) is 17.4. The minimum atomic E-state index is -3.40. The summed E-state index contributed by atoms with van der Waals surface area (Å²) in [5, 5.41) is 0. The van der Waals surface area contributed by atoms with Crippen molar-refractivity contribution >= 4 is 31.9 Å². The number of hydrogen-bond donors (Lipinski definition) is 0. The minimum Gasteiger partial charge on any atom is -0.497 e. The van der Waals surface area contributed by atoms with Gasteiger partial charge in [-0.3, -0.25) is 4.79 Å². The molecule has 144 valence electrons. The molecule has 0 unspecified atom stereocenters. The van der Waals surface area contributed by atoms with Gasteiger partial charge in [0.2, 0.25) is 10.0 Å². The number of piperazine rings is 1. The van der Waals surface area contributed by atoms with Gasteiger partial charge >= 0.3 is 0 Å². The van der Waals surface area contributed by atoms with Gasteiger partial charge in [-0.25, -0.2) is 8.42 Å². The molecule has 1 amide bonds. The number of benzene rings is 2. The fourth-order valence-corrected chi connectivity index (χ4v) is 4.94. The van der Waals surface area contributed by atoms with E-state index >= 15 is 0 Å². The van der Waals surface area contributed by atoms with Gasteiger partial charge in [-0.05, 0) is 39.7 Å². The number of rotatable bonds is 5. The van der Waals surface area contributed by atoms with Crippen LogP contribution in [0.15, 0.2) is 53.0 Å². The van der Waals surface area contributed by atoms with Crippen LogP contribution in [0.25, 0.3) is 0 Å². The number of amides is 1. The van der Waals surface area contributed by atoms with Gasteiger partial charge in [0.1, 0.15) is 5.75 Å². The molecule has 3 rings (SSSR count). The van der Waals surface area contributed by atoms with E-state index in [0.717, 1.165) is 5.56 Å². The number of sulfonamides is 1. The summed E-state index contributed by atoms with van der Waals surface area (Å²) in [6.45, 7) is 1.30. The highest BCUT2D eigenvalue weighted by atomic mass is 79.9. The van der Waals surface area contributed by atoms with Gasteiger partial charge in [0.25, 0.3) is 5.91 Å². The molecule has 0 N–H and O–H groups in total. The lowest BCUT2D eigenvalue weighted by Crippen LogP contribution is -2.50. The lowest BCUT2D eigenvalue weighted by molar-refractivity contribution is 0.0696. The number of ether oxygens (including phenoxy) is 1. The second kappa shape index (κ2) is 8.41. The Hall–Kier alpha value is -1.90. The van der Waals surface area contributed by atoms with E-state index < -0.39 is 10.0 Å². The van der Waals surface area contributed by atoms with E-state index in [1.807, 2.05) is 18.2 Å². The van der Waals surface area contributed by atoms with Crippen molar-refractivity contribution in [3.05, 3.63) is 64.1 Å². The van der Waals surface area contributed by atoms with Crippen molar-refractivity contribution < 1.29 is 17.9 Å². The van der Waals surface area contributed by atoms with Gasteiger partial charge < -0.3 is 9.64 Å². The van der Waals surface area contributed by atoms with Crippen LogP contribution in [-0.4, -0.2) is 56.8 Å². The van der Waals surface area contributed by atoms with Crippen LogP contribution in [0.1, 0.15) is 15.9 Å². The molecule has 8 heteroatoms. The quantitative estimate of drug-likeness (QED) is 0.699. The molecular formula is C19H21BrN2O4S. The fourth-order valence-electron chi connectivity index (χ4n) is 3.01. The van der Waals surface area contributed by atoms with Crippen LogP contribution in [-0.2, 0) is 15.8 Å². The molecule has 0 aromatic heterocycles. The van der Waals surface area contributed by atoms with Crippen molar-refractivity contribution in [2.24, 2.45) is 0 Å². The van der Waals surface area contributed by atoms with Gasteiger partial charge in [-0.1, -0.05) is 30.3 Å². The molecule has 0 saturated carbocycles. The lowest BCUT2D eigenvalue weighted by atomic mass is 10.1. The Balaban J connectivity index is 1.65. The number of hydrogen-bond acceptors (Lipinski definition) is 4. The molecule has 2 aromatic rings. The first-order chi connectivity index (χ1) is 12.9. The Bertz CT molecular complexity index is 911. The van der Waals surface area contributed by atoms with Crippen LogP contribution in [0.4, 0.5) is 0 Å². The average molecular weight is 453 g/mol. The van der Waals surface area contributed by atoms with Gasteiger partial charge in [-0.15, -0.1) is 0 Å². The largest absolute Gasteiger partial charge is 0.497 e. The zero-order chi connectivity index (χ0) is 19.4. The van der Waals surface area contributed by atoms with E-state index in [2.05, 4.69) is 15.9 Å². The number of carbonyl (C=O) groups is 1. The smallest absolute Gasteiger partial charge is 0.255 e. The molecule has 0 spiro atoms. The third kappa shape index (κ3) is 4.69. The highest BCUT2D eigenvalue weighted by molar-refractivity contribution is 9.10. The van der Waals surface area contributed by atoms with Gasteiger partial charge in [-0.2, -0.15) is 4.31 Å². The molecule has 27 heavy (non-hydrogen) atoms. The minimum absolute atomic E-state index is 0.0246. The number of halogens is 1. The van der Waals surface area contributed by atoms with E-state index in [0.29, 0.717) is 42.0 Å². The molecule has 0 atom stereocenters. The molecule has 0 radical (unpaired) electrons. The van der Waals surface area contributed by atoms with Crippen LogP contribution in [0.5, 0.6) is 5.75 Å². The van der Waals surface area contributed by atoms with E-state index in [4.69, 9.17) is 4.74 Å². The lowest BCUT2D eigenvalue weighted by Gasteiger charge is -2.34. The predicted molar refractivity (Wildman–Crippen MR) is 107 cm³/mol. The standard InChI is InChI=1S/C19H21BrN2O4S/c1-26-16-7-8-18(20)17(13-16)19(23)21-9-11-22(12-10-21)27(24,25)14-15-5-3-2-4-6-15/h2-8,13H,9-12,14H2,1H3. The van der Waals surface area contributed by atoms with Crippen LogP contribution >= 0.6 is 15.9 Å². The monoisotopic (exact) mass is 452 g/mol. The van der Waals surface area contributed by atoms with Gasteiger partial charge in [0.15, 0.2) is 0 Å². The van der Waals surface area contributed by atoms with Crippen LogP contribution in [0.2, 0.25) is 0 Å². The first-order valence-corrected chi connectivity index (χ1v) is 11.0. The average Bonchev–Trinajstić information content (AvgIpc) is 2.68. The Morgan fingerprint density at radius 1 is 1.07 bits per heavy atom. The van der Waals surface area contributed by atoms with Crippen molar-refractivity contribution in [3.63, 3.8) is 0 Å². The maximum absolute atomic E-state index is 12.8. The Morgan fingerprint density at radius 3 is 2.37 bits per heavy atom. The molecule has 2 aromatic carbocycles. The maximum Gasteiger partial charge on any atom is 0.255 e. The van der Waals surface area contributed by atoms with Crippen molar-refractivity contribution in [1.29, 1.82) is 0 Å². The summed E-state index contributed by atoms with van der Waals surface area (Å²) in [4.78, 5) is 14.5. The van der Waals surface area contributed by atoms with Crippen LogP contribution in [0.3, 0.4) is 0 Å². The van der Waals surface area contributed by atoms with Crippen molar-refractivity contribution in [3.8, 4) is 5.75 Å². The maximum atomic E-state index is 12.8. The van der Waals surface area contributed by atoms with E-state index in [9.17, 15) is 13.2 Å². The Kier molecular flexibility index (Phi) is 6.18. The molecule has 1 aliphatic heterocycles. The van der Waals surface area contributed by atoms with E-state index in [-0.39, 0.29) is 11.7 Å². The van der Waals surface area contributed by atoms with Crippen molar-refractivity contribution in [2.75, 3.05) is 33.3 Å². The third-order valence-corrected chi connectivity index (χ3v) is 7.06. The van der Waals surface area contributed by atoms with Crippen molar-refractivity contribution in [1.82, 2.24) is 9.21 Å². The number of carbonyl (C=O) groups excluding carboxylic acids is 1. The summed E-state index contributed by atoms with van der Waals surface area (Å²) >= 11 is 3.40. The number of nitrogens with zero attached hydrogens (tertiary/aromatic N) is 2. The normalized spacial score (nSPS) is 15.6. The molecule has 0 bridgehead atoms. The zero-order valence-electron chi connectivity index (χ0n) is 15.0. The SMILES string of the molecule is COc1ccc(Br)c(C(=O)N2CCN(S(=O)(=O)Cc3ccccc3)CC2)c1. The molecular weight excluding hydrogens is 432 g/mol. The first kappa shape index (κ1) is 19.9. The first-order valence-electron chi connectivity index (χ1n) is 8.55. The molecule has 1 saturated heterocycles. The number of methoxy groups -OCH3 is 1. The van der Waals surface area contributed by atoms with Crippen LogP contribution in [0, 0.1) is 0 Å². The highest BCUT2D eigenvalue weighted by Gasteiger charge is 2.30. The molecule has 0 aliphatic carbocycles. The topological polar surface area (TPSA) is 66.9 Å². The second-order valence-corrected chi connectivity index (χ2v) is 9.10. The highest BCUT2D eigenvalue weighted by Crippen LogP contribution is 2.24. The predicted octanol–water partition coefficient (Wildman–Crippen LogP) is 2.75. The summed E-state index contributed by atoms with van der Waals surface area (Å²) in [6, 6.07) is 14.3. The summed E-state index contributed by atoms with van der Waals surface area (Å²) in [7, 11) is -1.85. The summed E-state index contributed by atoms with van der Waals surface area (Å²) < 4.78 is 32.6. The van der Waals surface area contributed by atoms with Gasteiger partial charge in [0, 0.05) is 30.7 Å². The van der Waals surface area contributed by atoms with Gasteiger partial charge in [0.05, 0.1) is 18.4 Å². The van der Waals surface area contributed by atoms with Crippen molar-refractivity contribution in [2.45, 2.75) is 5.75 Å². The molecule has 1 heterocycles.